The first-order valence-corrected chi connectivity index (χ1v) is 5.28. The molecule has 0 unspecified atom stereocenters. The van der Waals surface area contributed by atoms with Crippen LogP contribution in [0, 0.1) is 5.82 Å². The zero-order valence-corrected chi connectivity index (χ0v) is 10.1. The Bertz CT molecular complexity index is 429. The molecule has 1 aromatic carbocycles. The Morgan fingerprint density at radius 1 is 1.62 bits per heavy atom. The van der Waals surface area contributed by atoms with Crippen LogP contribution in [0.2, 0.25) is 0 Å². The van der Waals surface area contributed by atoms with E-state index in [0.717, 1.165) is 0 Å². The maximum absolute atomic E-state index is 13.2. The van der Waals surface area contributed by atoms with Crippen LogP contribution in [0.5, 0.6) is 5.75 Å². The fourth-order valence-corrected chi connectivity index (χ4v) is 1.27. The molecule has 0 aliphatic rings. The molecule has 16 heavy (non-hydrogen) atoms. The van der Waals surface area contributed by atoms with Crippen LogP contribution in [-0.2, 0) is 4.79 Å². The van der Waals surface area contributed by atoms with E-state index in [2.05, 4.69) is 15.9 Å². The summed E-state index contributed by atoms with van der Waals surface area (Å²) < 4.78 is 19.0. The highest BCUT2D eigenvalue weighted by Crippen LogP contribution is 2.22. The number of halogens is 2. The largest absolute Gasteiger partial charge is 0.486 e. The predicted octanol–water partition coefficient (Wildman–Crippen LogP) is 3.00. The molecule has 0 fully saturated rings. The van der Waals surface area contributed by atoms with Crippen LogP contribution in [0.25, 0.3) is 0 Å². The van der Waals surface area contributed by atoms with Gasteiger partial charge in [0.2, 0.25) is 0 Å². The minimum absolute atomic E-state index is 0.0194. The number of hydrogen-bond donors (Lipinski definition) is 1. The SMILES string of the molecule is C/C(=C/COc1cc(Br)ccc1F)C(=O)O. The number of benzene rings is 1. The highest BCUT2D eigenvalue weighted by molar-refractivity contribution is 9.10. The molecule has 86 valence electrons. The fraction of sp³-hybridized carbons (Fsp3) is 0.182. The molecule has 0 heterocycles. The zero-order valence-electron chi connectivity index (χ0n) is 8.54. The molecule has 1 aromatic rings. The molecule has 1 rings (SSSR count). The van der Waals surface area contributed by atoms with Crippen molar-refractivity contribution in [2.45, 2.75) is 6.92 Å². The molecule has 3 nitrogen and oxygen atoms in total. The van der Waals surface area contributed by atoms with Gasteiger partial charge in [-0.2, -0.15) is 0 Å². The summed E-state index contributed by atoms with van der Waals surface area (Å²) in [5.74, 6) is -1.41. The van der Waals surface area contributed by atoms with Gasteiger partial charge in [-0.3, -0.25) is 0 Å². The standard InChI is InChI=1S/C11H10BrFO3/c1-7(11(14)15)4-5-16-10-6-8(12)2-3-9(10)13/h2-4,6H,5H2,1H3,(H,14,15)/b7-4-. The Morgan fingerprint density at radius 3 is 2.94 bits per heavy atom. The minimum atomic E-state index is -1.02. The van der Waals surface area contributed by atoms with E-state index >= 15 is 0 Å². The van der Waals surface area contributed by atoms with Crippen molar-refractivity contribution in [3.05, 3.63) is 40.1 Å². The second kappa shape index (κ2) is 5.65. The van der Waals surface area contributed by atoms with Gasteiger partial charge in [-0.25, -0.2) is 9.18 Å². The van der Waals surface area contributed by atoms with E-state index in [9.17, 15) is 9.18 Å². The van der Waals surface area contributed by atoms with Gasteiger partial charge in [0.25, 0.3) is 0 Å². The number of ether oxygens (including phenoxy) is 1. The first-order valence-electron chi connectivity index (χ1n) is 4.48. The van der Waals surface area contributed by atoms with E-state index < -0.39 is 11.8 Å². The van der Waals surface area contributed by atoms with Gasteiger partial charge in [-0.15, -0.1) is 0 Å². The number of carboxylic acid groups (broad SMARTS) is 1. The maximum atomic E-state index is 13.2. The highest BCUT2D eigenvalue weighted by atomic mass is 79.9. The summed E-state index contributed by atoms with van der Waals surface area (Å²) in [4.78, 5) is 10.5. The monoisotopic (exact) mass is 288 g/mol. The lowest BCUT2D eigenvalue weighted by Gasteiger charge is -2.05. The molecule has 0 radical (unpaired) electrons. The zero-order chi connectivity index (χ0) is 12.1. The summed E-state index contributed by atoms with van der Waals surface area (Å²) in [6, 6.07) is 4.31. The van der Waals surface area contributed by atoms with Crippen LogP contribution in [-0.4, -0.2) is 17.7 Å². The molecular weight excluding hydrogens is 279 g/mol. The normalized spacial score (nSPS) is 11.3. The van der Waals surface area contributed by atoms with Gasteiger partial charge in [-0.1, -0.05) is 15.9 Å². The molecule has 0 amide bonds. The van der Waals surface area contributed by atoms with Crippen LogP contribution in [0.3, 0.4) is 0 Å². The average Bonchev–Trinajstić information content (AvgIpc) is 2.22. The lowest BCUT2D eigenvalue weighted by atomic mass is 10.3. The van der Waals surface area contributed by atoms with Gasteiger partial charge >= 0.3 is 5.97 Å². The Hall–Kier alpha value is -1.36. The summed E-state index contributed by atoms with van der Waals surface area (Å²) >= 11 is 3.18. The molecule has 0 bridgehead atoms. The lowest BCUT2D eigenvalue weighted by molar-refractivity contribution is -0.132. The second-order valence-electron chi connectivity index (χ2n) is 3.08. The van der Waals surface area contributed by atoms with Gasteiger partial charge < -0.3 is 9.84 Å². The Balaban J connectivity index is 2.65. The Labute approximate surface area is 101 Å². The van der Waals surface area contributed by atoms with Crippen molar-refractivity contribution in [2.24, 2.45) is 0 Å². The molecule has 0 aliphatic carbocycles. The van der Waals surface area contributed by atoms with E-state index in [-0.39, 0.29) is 17.9 Å². The molecule has 0 atom stereocenters. The summed E-state index contributed by atoms with van der Waals surface area (Å²) in [5, 5.41) is 8.57. The lowest BCUT2D eigenvalue weighted by Crippen LogP contribution is -2.01. The number of rotatable bonds is 4. The van der Waals surface area contributed by atoms with Crippen molar-refractivity contribution in [3.8, 4) is 5.75 Å². The summed E-state index contributed by atoms with van der Waals surface area (Å²) in [6.45, 7) is 1.47. The summed E-state index contributed by atoms with van der Waals surface area (Å²) in [5.41, 5.74) is 0.162. The van der Waals surface area contributed by atoms with Crippen molar-refractivity contribution >= 4 is 21.9 Å². The van der Waals surface area contributed by atoms with Crippen LogP contribution in [0.1, 0.15) is 6.92 Å². The first kappa shape index (κ1) is 12.7. The molecule has 0 saturated heterocycles. The molecule has 0 saturated carbocycles. The highest BCUT2D eigenvalue weighted by Gasteiger charge is 2.04. The predicted molar refractivity (Wildman–Crippen MR) is 61.0 cm³/mol. The molecule has 5 heteroatoms. The quantitative estimate of drug-likeness (QED) is 0.867. The van der Waals surface area contributed by atoms with Crippen LogP contribution < -0.4 is 4.74 Å². The summed E-state index contributed by atoms with van der Waals surface area (Å²) in [7, 11) is 0. The number of aliphatic carboxylic acids is 1. The topological polar surface area (TPSA) is 46.5 Å². The smallest absolute Gasteiger partial charge is 0.331 e. The third-order valence-corrected chi connectivity index (χ3v) is 2.35. The van der Waals surface area contributed by atoms with Crippen molar-refractivity contribution < 1.29 is 19.0 Å². The number of hydrogen-bond acceptors (Lipinski definition) is 2. The minimum Gasteiger partial charge on any atom is -0.486 e. The van der Waals surface area contributed by atoms with Crippen molar-refractivity contribution in [3.63, 3.8) is 0 Å². The van der Waals surface area contributed by atoms with E-state index in [1.165, 1.54) is 25.1 Å². The van der Waals surface area contributed by atoms with Gasteiger partial charge in [-0.05, 0) is 31.2 Å². The van der Waals surface area contributed by atoms with Crippen molar-refractivity contribution in [1.29, 1.82) is 0 Å². The second-order valence-corrected chi connectivity index (χ2v) is 3.99. The Kier molecular flexibility index (Phi) is 4.49. The van der Waals surface area contributed by atoms with Crippen molar-refractivity contribution in [1.82, 2.24) is 0 Å². The molecule has 0 spiro atoms. The number of carbonyl (C=O) groups is 1. The van der Waals surface area contributed by atoms with Gasteiger partial charge in [0, 0.05) is 10.0 Å². The van der Waals surface area contributed by atoms with Crippen LogP contribution in [0.15, 0.2) is 34.3 Å². The van der Waals surface area contributed by atoms with Gasteiger partial charge in [0.05, 0.1) is 0 Å². The van der Waals surface area contributed by atoms with Gasteiger partial charge in [0.15, 0.2) is 11.6 Å². The van der Waals surface area contributed by atoms with Crippen LogP contribution >= 0.6 is 15.9 Å². The molecule has 1 N–H and O–H groups in total. The van der Waals surface area contributed by atoms with Crippen molar-refractivity contribution in [2.75, 3.05) is 6.61 Å². The Morgan fingerprint density at radius 2 is 2.31 bits per heavy atom. The van der Waals surface area contributed by atoms with E-state index in [4.69, 9.17) is 9.84 Å². The average molecular weight is 289 g/mol. The molecule has 0 aromatic heterocycles. The van der Waals surface area contributed by atoms with Crippen LogP contribution in [0.4, 0.5) is 4.39 Å². The van der Waals surface area contributed by atoms with E-state index in [1.54, 1.807) is 6.07 Å². The third kappa shape index (κ3) is 3.66. The van der Waals surface area contributed by atoms with E-state index in [1.807, 2.05) is 0 Å². The first-order chi connectivity index (χ1) is 7.50. The molecular formula is C11H10BrFO3. The summed E-state index contributed by atoms with van der Waals surface area (Å²) in [6.07, 6.45) is 1.38. The van der Waals surface area contributed by atoms with E-state index in [0.29, 0.717) is 4.47 Å². The molecule has 0 aliphatic heterocycles. The maximum Gasteiger partial charge on any atom is 0.331 e. The van der Waals surface area contributed by atoms with Gasteiger partial charge in [0.1, 0.15) is 6.61 Å². The number of carboxylic acids is 1. The fourth-order valence-electron chi connectivity index (χ4n) is 0.932. The third-order valence-electron chi connectivity index (χ3n) is 1.86.